The molecule has 0 unspecified atom stereocenters. The summed E-state index contributed by atoms with van der Waals surface area (Å²) in [6.07, 6.45) is 1.60. The highest BCUT2D eigenvalue weighted by Crippen LogP contribution is 2.67. The highest BCUT2D eigenvalue weighted by atomic mass is 16.2. The van der Waals surface area contributed by atoms with Crippen LogP contribution >= 0.6 is 0 Å². The summed E-state index contributed by atoms with van der Waals surface area (Å²) in [7, 11) is 0. The lowest BCUT2D eigenvalue weighted by Gasteiger charge is -2.51. The van der Waals surface area contributed by atoms with Crippen LogP contribution < -0.4 is 10.2 Å². The maximum atomic E-state index is 14.4. The van der Waals surface area contributed by atoms with Gasteiger partial charge in [0.25, 0.3) is 5.91 Å². The van der Waals surface area contributed by atoms with Crippen molar-refractivity contribution < 1.29 is 14.4 Å². The van der Waals surface area contributed by atoms with Crippen molar-refractivity contribution in [2.24, 2.45) is 11.3 Å². The molecule has 1 saturated heterocycles. The van der Waals surface area contributed by atoms with Gasteiger partial charge in [-0.3, -0.25) is 14.4 Å². The van der Waals surface area contributed by atoms with E-state index in [9.17, 15) is 14.4 Å². The highest BCUT2D eigenvalue weighted by Gasteiger charge is 2.68. The van der Waals surface area contributed by atoms with E-state index >= 15 is 0 Å². The van der Waals surface area contributed by atoms with Crippen LogP contribution in [0.1, 0.15) is 76.3 Å². The fourth-order valence-electron chi connectivity index (χ4n) is 7.74. The van der Waals surface area contributed by atoms with Crippen LogP contribution in [0.2, 0.25) is 0 Å². The fraction of sp³-hybridized carbons (Fsp3) is 0.250. The molecular formula is C36H32N2O3. The molecule has 0 aromatic heterocycles. The quantitative estimate of drug-likeness (QED) is 0.282. The van der Waals surface area contributed by atoms with Crippen LogP contribution in [0, 0.1) is 11.3 Å². The number of imide groups is 1. The first-order valence-electron chi connectivity index (χ1n) is 14.5. The number of nitrogens with one attached hydrogen (secondary N) is 1. The number of aryl methyl sites for hydroxylation is 2. The first-order chi connectivity index (χ1) is 19.9. The van der Waals surface area contributed by atoms with Crippen LogP contribution in [0.3, 0.4) is 0 Å². The van der Waals surface area contributed by atoms with Crippen molar-refractivity contribution in [3.63, 3.8) is 0 Å². The molecule has 3 aliphatic carbocycles. The number of para-hydroxylation sites is 1. The minimum atomic E-state index is -0.918. The van der Waals surface area contributed by atoms with Gasteiger partial charge in [-0.1, -0.05) is 86.6 Å². The van der Waals surface area contributed by atoms with Gasteiger partial charge in [0.15, 0.2) is 0 Å². The van der Waals surface area contributed by atoms with Gasteiger partial charge < -0.3 is 5.32 Å². The van der Waals surface area contributed by atoms with Crippen molar-refractivity contribution in [3.8, 4) is 0 Å². The largest absolute Gasteiger partial charge is 0.321 e. The second-order valence-corrected chi connectivity index (χ2v) is 11.6. The zero-order chi connectivity index (χ0) is 28.5. The van der Waals surface area contributed by atoms with E-state index in [1.807, 2.05) is 49.4 Å². The normalized spacial score (nSPS) is 23.7. The molecular weight excluding hydrogens is 508 g/mol. The average Bonchev–Trinajstić information content (AvgIpc) is 3.22. The minimum absolute atomic E-state index is 0.191. The van der Waals surface area contributed by atoms with Gasteiger partial charge in [0.1, 0.15) is 0 Å². The predicted molar refractivity (Wildman–Crippen MR) is 160 cm³/mol. The predicted octanol–water partition coefficient (Wildman–Crippen LogP) is 6.85. The number of carbonyl (C=O) groups is 3. The summed E-state index contributed by atoms with van der Waals surface area (Å²) in [5.74, 6) is -1.57. The Hall–Kier alpha value is -4.51. The van der Waals surface area contributed by atoms with Crippen LogP contribution in [0.15, 0.2) is 91.0 Å². The van der Waals surface area contributed by atoms with Gasteiger partial charge >= 0.3 is 0 Å². The van der Waals surface area contributed by atoms with Crippen LogP contribution in [-0.2, 0) is 22.4 Å². The summed E-state index contributed by atoms with van der Waals surface area (Å²) < 4.78 is 0. The zero-order valence-corrected chi connectivity index (χ0v) is 23.5. The molecule has 204 valence electrons. The summed E-state index contributed by atoms with van der Waals surface area (Å²) in [6, 6.07) is 29.5. The van der Waals surface area contributed by atoms with E-state index in [1.54, 1.807) is 24.3 Å². The summed E-state index contributed by atoms with van der Waals surface area (Å²) >= 11 is 0. The van der Waals surface area contributed by atoms with E-state index in [0.29, 0.717) is 11.3 Å². The van der Waals surface area contributed by atoms with Gasteiger partial charge in [-0.05, 0) is 71.3 Å². The SMILES string of the molecule is CCc1cccc(CC)c1NC(=O)c1cccc(N2C(=O)[C@H]3C4c5ccccc5C(c5ccccc54)[C@@]3(C)C2=O)c1. The van der Waals surface area contributed by atoms with Crippen molar-refractivity contribution in [1.82, 2.24) is 0 Å². The Morgan fingerprint density at radius 2 is 1.34 bits per heavy atom. The molecule has 4 aliphatic rings. The molecule has 0 saturated carbocycles. The van der Waals surface area contributed by atoms with Crippen LogP contribution in [0.4, 0.5) is 11.4 Å². The molecule has 1 aliphatic heterocycles. The molecule has 8 rings (SSSR count). The number of hydrogen-bond donors (Lipinski definition) is 1. The van der Waals surface area contributed by atoms with Gasteiger partial charge in [0, 0.05) is 23.1 Å². The van der Waals surface area contributed by atoms with Gasteiger partial charge in [-0.2, -0.15) is 0 Å². The Morgan fingerprint density at radius 1 is 0.780 bits per heavy atom. The van der Waals surface area contributed by atoms with Gasteiger partial charge in [0.2, 0.25) is 11.8 Å². The zero-order valence-electron chi connectivity index (χ0n) is 23.5. The van der Waals surface area contributed by atoms with Crippen LogP contribution in [-0.4, -0.2) is 17.7 Å². The average molecular weight is 541 g/mol. The minimum Gasteiger partial charge on any atom is -0.321 e. The Balaban J connectivity index is 1.28. The third-order valence-corrected chi connectivity index (χ3v) is 9.62. The molecule has 5 heteroatoms. The molecule has 4 aromatic rings. The Labute approximate surface area is 240 Å². The third-order valence-electron chi connectivity index (χ3n) is 9.62. The number of nitrogens with zero attached hydrogens (tertiary/aromatic N) is 1. The summed E-state index contributed by atoms with van der Waals surface area (Å²) in [4.78, 5) is 43.6. The van der Waals surface area contributed by atoms with E-state index in [2.05, 4.69) is 43.4 Å². The molecule has 2 atom stereocenters. The van der Waals surface area contributed by atoms with E-state index in [0.717, 1.165) is 51.9 Å². The Morgan fingerprint density at radius 3 is 1.93 bits per heavy atom. The topological polar surface area (TPSA) is 66.5 Å². The molecule has 41 heavy (non-hydrogen) atoms. The summed E-state index contributed by atoms with van der Waals surface area (Å²) in [5.41, 5.74) is 7.45. The maximum Gasteiger partial charge on any atom is 0.255 e. The third kappa shape index (κ3) is 3.45. The van der Waals surface area contributed by atoms with E-state index < -0.39 is 11.3 Å². The van der Waals surface area contributed by atoms with Crippen molar-refractivity contribution in [1.29, 1.82) is 0 Å². The first-order valence-corrected chi connectivity index (χ1v) is 14.5. The highest BCUT2D eigenvalue weighted by molar-refractivity contribution is 6.25. The monoisotopic (exact) mass is 540 g/mol. The second kappa shape index (κ2) is 9.27. The second-order valence-electron chi connectivity index (χ2n) is 11.6. The molecule has 1 fully saturated rings. The van der Waals surface area contributed by atoms with Crippen LogP contribution in [0.25, 0.3) is 0 Å². The van der Waals surface area contributed by atoms with E-state index in [-0.39, 0.29) is 29.6 Å². The van der Waals surface area contributed by atoms with Crippen LogP contribution in [0.5, 0.6) is 0 Å². The van der Waals surface area contributed by atoms with Crippen molar-refractivity contribution >= 4 is 29.1 Å². The number of carbonyl (C=O) groups excluding carboxylic acids is 3. The lowest BCUT2D eigenvalue weighted by Crippen LogP contribution is -2.49. The number of hydrogen-bond acceptors (Lipinski definition) is 3. The first kappa shape index (κ1) is 25.5. The van der Waals surface area contributed by atoms with Crippen molar-refractivity contribution in [2.45, 2.75) is 45.4 Å². The summed E-state index contributed by atoms with van der Waals surface area (Å²) in [6.45, 7) is 6.10. The fourth-order valence-corrected chi connectivity index (χ4v) is 7.74. The van der Waals surface area contributed by atoms with Crippen molar-refractivity contribution in [3.05, 3.63) is 130 Å². The lowest BCUT2D eigenvalue weighted by atomic mass is 9.48. The van der Waals surface area contributed by atoms with E-state index in [4.69, 9.17) is 0 Å². The molecule has 3 amide bonds. The molecule has 4 aromatic carbocycles. The van der Waals surface area contributed by atoms with Gasteiger partial charge in [-0.25, -0.2) is 4.90 Å². The number of anilines is 2. The molecule has 2 bridgehead atoms. The van der Waals surface area contributed by atoms with Gasteiger partial charge in [0.05, 0.1) is 17.0 Å². The molecule has 0 spiro atoms. The van der Waals surface area contributed by atoms with Crippen molar-refractivity contribution in [2.75, 3.05) is 10.2 Å². The number of benzene rings is 4. The smallest absolute Gasteiger partial charge is 0.255 e. The Bertz CT molecular complexity index is 1690. The Kier molecular flexibility index (Phi) is 5.75. The summed E-state index contributed by atoms with van der Waals surface area (Å²) in [5, 5.41) is 3.12. The standard InChI is InChI=1S/C36H32N2O3/c1-4-21-12-10-13-22(5-2)32(21)37-33(39)23-14-11-15-24(20-23)38-34(40)31-29-25-16-6-8-18-27(25)30(36(31,3)35(38)41)28-19-9-7-17-26(28)29/h6-20,29-31H,4-5H2,1-3H3,(H,37,39)/t29?,30?,31-,36-/m1/s1. The van der Waals surface area contributed by atoms with E-state index in [1.165, 1.54) is 4.90 Å². The lowest BCUT2D eigenvalue weighted by molar-refractivity contribution is -0.128. The maximum absolute atomic E-state index is 14.4. The van der Waals surface area contributed by atoms with Gasteiger partial charge in [-0.15, -0.1) is 0 Å². The number of amides is 3. The molecule has 1 N–H and O–H groups in total. The number of rotatable bonds is 5. The molecule has 0 radical (unpaired) electrons. The molecule has 1 heterocycles. The molecule has 5 nitrogen and oxygen atoms in total.